The molecule has 0 spiro atoms. The molecule has 2 aromatic rings. The molecule has 0 fully saturated rings. The second-order valence-electron chi connectivity index (χ2n) is 6.59. The lowest BCUT2D eigenvalue weighted by Gasteiger charge is -2.25. The summed E-state index contributed by atoms with van der Waals surface area (Å²) in [6.07, 6.45) is 0.936. The molecule has 1 aliphatic rings. The Hall–Kier alpha value is -1.92. The number of urea groups is 1. The molecule has 2 heterocycles. The largest absolute Gasteiger partial charge is 0.336 e. The maximum atomic E-state index is 11.8. The first-order valence-electron chi connectivity index (χ1n) is 8.33. The zero-order chi connectivity index (χ0) is 17.1. The fraction of sp³-hybridized carbons (Fsp3) is 0.444. The van der Waals surface area contributed by atoms with Crippen molar-refractivity contribution in [1.29, 1.82) is 0 Å². The Kier molecular flexibility index (Phi) is 5.16. The summed E-state index contributed by atoms with van der Waals surface area (Å²) < 4.78 is 0. The molecule has 1 aromatic carbocycles. The summed E-state index contributed by atoms with van der Waals surface area (Å²) in [6.45, 7) is 8.86. The minimum atomic E-state index is -0.187. The maximum absolute atomic E-state index is 11.8. The zero-order valence-electron chi connectivity index (χ0n) is 14.4. The number of carbonyl (C=O) groups excluding carboxylic acids is 1. The van der Waals surface area contributed by atoms with Crippen LogP contribution in [0.1, 0.15) is 35.5 Å². The van der Waals surface area contributed by atoms with E-state index in [1.165, 1.54) is 16.0 Å². The molecular weight excluding hydrogens is 320 g/mol. The molecule has 0 bridgehead atoms. The highest BCUT2D eigenvalue weighted by molar-refractivity contribution is 7.15. The molecule has 6 heteroatoms. The summed E-state index contributed by atoms with van der Waals surface area (Å²) in [5.41, 5.74) is 3.77. The van der Waals surface area contributed by atoms with Crippen LogP contribution in [-0.2, 0) is 19.5 Å². The lowest BCUT2D eigenvalue weighted by atomic mass is 10.1. The van der Waals surface area contributed by atoms with Crippen LogP contribution in [0, 0.1) is 6.92 Å². The van der Waals surface area contributed by atoms with Gasteiger partial charge in [-0.3, -0.25) is 10.2 Å². The number of benzene rings is 1. The molecule has 0 aliphatic carbocycles. The number of hydrogen-bond acceptors (Lipinski definition) is 4. The number of carbonyl (C=O) groups is 1. The van der Waals surface area contributed by atoms with E-state index in [1.54, 1.807) is 11.3 Å². The third-order valence-corrected chi connectivity index (χ3v) is 4.94. The highest BCUT2D eigenvalue weighted by Crippen LogP contribution is 2.29. The van der Waals surface area contributed by atoms with Gasteiger partial charge in [0.05, 0.1) is 5.69 Å². The van der Waals surface area contributed by atoms with E-state index in [1.807, 2.05) is 13.8 Å². The van der Waals surface area contributed by atoms with E-state index in [2.05, 4.69) is 51.7 Å². The minimum absolute atomic E-state index is 0.115. The molecule has 5 nitrogen and oxygen atoms in total. The fourth-order valence-electron chi connectivity index (χ4n) is 2.90. The van der Waals surface area contributed by atoms with Crippen LogP contribution >= 0.6 is 11.3 Å². The molecule has 0 unspecified atom stereocenters. The lowest BCUT2D eigenvalue weighted by molar-refractivity contribution is 0.247. The summed E-state index contributed by atoms with van der Waals surface area (Å²) in [6, 6.07) is 8.59. The van der Waals surface area contributed by atoms with Crippen LogP contribution < -0.4 is 10.6 Å². The number of nitrogens with one attached hydrogen (secondary N) is 2. The first-order valence-corrected chi connectivity index (χ1v) is 9.15. The van der Waals surface area contributed by atoms with Crippen LogP contribution in [-0.4, -0.2) is 28.5 Å². The lowest BCUT2D eigenvalue weighted by Crippen LogP contribution is -2.34. The van der Waals surface area contributed by atoms with Crippen LogP contribution in [0.2, 0.25) is 0 Å². The van der Waals surface area contributed by atoms with Crippen LogP contribution in [0.5, 0.6) is 0 Å². The first-order chi connectivity index (χ1) is 11.5. The molecule has 0 radical (unpaired) electrons. The summed E-state index contributed by atoms with van der Waals surface area (Å²) >= 11 is 1.58. The number of fused-ring (bicyclic) bond motifs is 1. The van der Waals surface area contributed by atoms with Crippen molar-refractivity contribution in [2.45, 2.75) is 46.3 Å². The van der Waals surface area contributed by atoms with E-state index in [-0.39, 0.29) is 12.1 Å². The van der Waals surface area contributed by atoms with E-state index in [0.29, 0.717) is 5.13 Å². The van der Waals surface area contributed by atoms with Gasteiger partial charge in [-0.1, -0.05) is 29.8 Å². The van der Waals surface area contributed by atoms with Crippen molar-refractivity contribution in [3.63, 3.8) is 0 Å². The van der Waals surface area contributed by atoms with Gasteiger partial charge in [0.1, 0.15) is 0 Å². The number of hydrogen-bond donors (Lipinski definition) is 2. The van der Waals surface area contributed by atoms with Gasteiger partial charge < -0.3 is 5.32 Å². The Morgan fingerprint density at radius 1 is 1.42 bits per heavy atom. The normalized spacial score (nSPS) is 14.5. The molecule has 1 aromatic heterocycles. The van der Waals surface area contributed by atoms with Crippen molar-refractivity contribution < 1.29 is 4.79 Å². The third-order valence-electron chi connectivity index (χ3n) is 3.94. The molecule has 0 saturated carbocycles. The number of aromatic nitrogens is 1. The van der Waals surface area contributed by atoms with Gasteiger partial charge in [-0.25, -0.2) is 9.78 Å². The third kappa shape index (κ3) is 4.33. The predicted octanol–water partition coefficient (Wildman–Crippen LogP) is 3.54. The maximum Gasteiger partial charge on any atom is 0.321 e. The Bertz CT molecular complexity index is 726. The van der Waals surface area contributed by atoms with Gasteiger partial charge in [0.2, 0.25) is 0 Å². The van der Waals surface area contributed by atoms with E-state index in [4.69, 9.17) is 0 Å². The number of anilines is 1. The van der Waals surface area contributed by atoms with Gasteiger partial charge in [-0.05, 0) is 26.3 Å². The predicted molar refractivity (Wildman–Crippen MR) is 98.4 cm³/mol. The summed E-state index contributed by atoms with van der Waals surface area (Å²) in [5.74, 6) is 0. The Balaban J connectivity index is 1.62. The standard InChI is InChI=1S/C18H24N4OS/c1-12(2)19-17(23)21-18-20-15-7-8-22(11-16(15)24-18)10-14-6-4-5-13(3)9-14/h4-6,9,12H,7-8,10-11H2,1-3H3,(H2,19,20,21,23). The number of thiazole rings is 1. The second kappa shape index (κ2) is 7.32. The Morgan fingerprint density at radius 2 is 2.25 bits per heavy atom. The van der Waals surface area contributed by atoms with E-state index in [0.717, 1.165) is 31.7 Å². The Morgan fingerprint density at radius 3 is 3.00 bits per heavy atom. The summed E-state index contributed by atoms with van der Waals surface area (Å²) in [5, 5.41) is 6.36. The molecule has 0 atom stereocenters. The fourth-order valence-corrected chi connectivity index (χ4v) is 3.95. The van der Waals surface area contributed by atoms with Crippen LogP contribution in [0.15, 0.2) is 24.3 Å². The number of nitrogens with zero attached hydrogens (tertiary/aromatic N) is 2. The van der Waals surface area contributed by atoms with Crippen LogP contribution in [0.3, 0.4) is 0 Å². The summed E-state index contributed by atoms with van der Waals surface area (Å²) in [7, 11) is 0. The molecule has 24 heavy (non-hydrogen) atoms. The molecular formula is C18H24N4OS. The van der Waals surface area contributed by atoms with Gasteiger partial charge in [-0.2, -0.15) is 0 Å². The van der Waals surface area contributed by atoms with Crippen molar-refractivity contribution in [2.24, 2.45) is 0 Å². The smallest absolute Gasteiger partial charge is 0.321 e. The van der Waals surface area contributed by atoms with Gasteiger partial charge >= 0.3 is 6.03 Å². The molecule has 1 aliphatic heterocycles. The zero-order valence-corrected chi connectivity index (χ0v) is 15.2. The molecule has 2 N–H and O–H groups in total. The monoisotopic (exact) mass is 344 g/mol. The average molecular weight is 344 g/mol. The first kappa shape index (κ1) is 16.9. The number of rotatable bonds is 4. The van der Waals surface area contributed by atoms with Crippen LogP contribution in [0.25, 0.3) is 0 Å². The highest BCUT2D eigenvalue weighted by atomic mass is 32.1. The molecule has 3 rings (SSSR count). The summed E-state index contributed by atoms with van der Waals surface area (Å²) in [4.78, 5) is 20.1. The van der Waals surface area contributed by atoms with Crippen molar-refractivity contribution in [3.05, 3.63) is 46.0 Å². The topological polar surface area (TPSA) is 57.3 Å². The van der Waals surface area contributed by atoms with Gasteiger partial charge in [0.15, 0.2) is 5.13 Å². The number of amides is 2. The van der Waals surface area contributed by atoms with Crippen molar-refractivity contribution >= 4 is 22.5 Å². The van der Waals surface area contributed by atoms with Crippen LogP contribution in [0.4, 0.5) is 9.93 Å². The SMILES string of the molecule is Cc1cccc(CN2CCc3nc(NC(=O)NC(C)C)sc3C2)c1. The quantitative estimate of drug-likeness (QED) is 0.892. The average Bonchev–Trinajstić information content (AvgIpc) is 2.87. The van der Waals surface area contributed by atoms with E-state index < -0.39 is 0 Å². The minimum Gasteiger partial charge on any atom is -0.336 e. The molecule has 2 amide bonds. The number of aryl methyl sites for hydroxylation is 1. The van der Waals surface area contributed by atoms with E-state index in [9.17, 15) is 4.79 Å². The highest BCUT2D eigenvalue weighted by Gasteiger charge is 2.21. The molecule has 128 valence electrons. The van der Waals surface area contributed by atoms with Gasteiger partial charge in [0, 0.05) is 37.0 Å². The van der Waals surface area contributed by atoms with Gasteiger partial charge in [0.25, 0.3) is 0 Å². The van der Waals surface area contributed by atoms with Crippen molar-refractivity contribution in [2.75, 3.05) is 11.9 Å². The van der Waals surface area contributed by atoms with E-state index >= 15 is 0 Å². The van der Waals surface area contributed by atoms with Crippen molar-refractivity contribution in [3.8, 4) is 0 Å². The second-order valence-corrected chi connectivity index (χ2v) is 7.68. The van der Waals surface area contributed by atoms with Crippen molar-refractivity contribution in [1.82, 2.24) is 15.2 Å². The van der Waals surface area contributed by atoms with Gasteiger partial charge in [-0.15, -0.1) is 11.3 Å². The molecule has 0 saturated heterocycles. The Labute approximate surface area is 147 Å².